The molecule has 0 radical (unpaired) electrons. The van der Waals surface area contributed by atoms with Crippen LogP contribution >= 0.6 is 15.9 Å². The number of aromatic nitrogens is 2. The van der Waals surface area contributed by atoms with Gasteiger partial charge in [0.05, 0.1) is 11.3 Å². The molecule has 0 bridgehead atoms. The third-order valence-corrected chi connectivity index (χ3v) is 4.25. The molecule has 21 heavy (non-hydrogen) atoms. The fourth-order valence-electron chi connectivity index (χ4n) is 2.19. The number of hydrogen-bond donors (Lipinski definition) is 1. The Hall–Kier alpha value is -1.33. The van der Waals surface area contributed by atoms with Gasteiger partial charge in [-0.15, -0.1) is 0 Å². The minimum absolute atomic E-state index is 0.776. The van der Waals surface area contributed by atoms with E-state index in [1.807, 2.05) is 32.2 Å². The highest BCUT2D eigenvalue weighted by atomic mass is 79.9. The second-order valence-electron chi connectivity index (χ2n) is 5.18. The first kappa shape index (κ1) is 16.0. The molecule has 1 heterocycles. The zero-order valence-corrected chi connectivity index (χ0v) is 14.6. The fraction of sp³-hybridized carbons (Fsp3) is 0.438. The van der Waals surface area contributed by atoms with Gasteiger partial charge >= 0.3 is 0 Å². The van der Waals surface area contributed by atoms with Gasteiger partial charge in [-0.1, -0.05) is 22.9 Å². The number of hydrogen-bond acceptors (Lipinski definition) is 3. The van der Waals surface area contributed by atoms with Crippen LogP contribution in [0, 0.1) is 13.8 Å². The Kier molecular flexibility index (Phi) is 5.42. The summed E-state index contributed by atoms with van der Waals surface area (Å²) in [7, 11) is 1.91. The first-order chi connectivity index (χ1) is 10.0. The van der Waals surface area contributed by atoms with Crippen molar-refractivity contribution in [1.82, 2.24) is 15.1 Å². The third-order valence-electron chi connectivity index (χ3n) is 3.36. The molecule has 0 fully saturated rings. The van der Waals surface area contributed by atoms with E-state index in [0.717, 1.165) is 52.4 Å². The van der Waals surface area contributed by atoms with E-state index in [1.165, 1.54) is 0 Å². The summed E-state index contributed by atoms with van der Waals surface area (Å²) in [5, 5.41) is 7.88. The first-order valence-corrected chi connectivity index (χ1v) is 7.99. The molecule has 4 nitrogen and oxygen atoms in total. The van der Waals surface area contributed by atoms with Crippen molar-refractivity contribution >= 4 is 15.9 Å². The molecule has 0 unspecified atom stereocenters. The number of aryl methyl sites for hydroxylation is 3. The van der Waals surface area contributed by atoms with E-state index in [2.05, 4.69) is 40.2 Å². The van der Waals surface area contributed by atoms with Crippen molar-refractivity contribution in [3.8, 4) is 11.6 Å². The number of halogens is 1. The predicted molar refractivity (Wildman–Crippen MR) is 88.9 cm³/mol. The Morgan fingerprint density at radius 1 is 1.33 bits per heavy atom. The van der Waals surface area contributed by atoms with E-state index >= 15 is 0 Å². The quantitative estimate of drug-likeness (QED) is 0.796. The molecule has 0 saturated heterocycles. The summed E-state index contributed by atoms with van der Waals surface area (Å²) in [6.07, 6.45) is 1.11. The summed E-state index contributed by atoms with van der Waals surface area (Å²) in [4.78, 5) is 0. The summed E-state index contributed by atoms with van der Waals surface area (Å²) in [5.41, 5.74) is 3.27. The van der Waals surface area contributed by atoms with Crippen LogP contribution in [0.2, 0.25) is 0 Å². The molecule has 1 N–H and O–H groups in total. The van der Waals surface area contributed by atoms with E-state index in [-0.39, 0.29) is 0 Å². The minimum atomic E-state index is 0.776. The van der Waals surface area contributed by atoms with Crippen molar-refractivity contribution in [2.75, 3.05) is 6.54 Å². The molecule has 0 aliphatic rings. The highest BCUT2D eigenvalue weighted by Crippen LogP contribution is 2.29. The highest BCUT2D eigenvalue weighted by Gasteiger charge is 2.15. The number of ether oxygens (including phenoxy) is 1. The monoisotopic (exact) mass is 351 g/mol. The summed E-state index contributed by atoms with van der Waals surface area (Å²) >= 11 is 3.51. The van der Waals surface area contributed by atoms with Crippen molar-refractivity contribution < 1.29 is 4.74 Å². The molecule has 0 amide bonds. The molecule has 5 heteroatoms. The molecule has 0 aliphatic heterocycles. The Labute approximate surface area is 134 Å². The van der Waals surface area contributed by atoms with Crippen LogP contribution in [0.4, 0.5) is 0 Å². The lowest BCUT2D eigenvalue weighted by Gasteiger charge is -2.10. The lowest BCUT2D eigenvalue weighted by molar-refractivity contribution is 0.423. The van der Waals surface area contributed by atoms with Crippen LogP contribution in [0.25, 0.3) is 0 Å². The van der Waals surface area contributed by atoms with Crippen molar-refractivity contribution in [3.05, 3.63) is 39.5 Å². The van der Waals surface area contributed by atoms with Crippen molar-refractivity contribution in [1.29, 1.82) is 0 Å². The summed E-state index contributed by atoms with van der Waals surface area (Å²) in [5.74, 6) is 1.63. The average Bonchev–Trinajstić information content (AvgIpc) is 2.70. The summed E-state index contributed by atoms with van der Waals surface area (Å²) in [6, 6.07) is 5.99. The highest BCUT2D eigenvalue weighted by molar-refractivity contribution is 9.10. The van der Waals surface area contributed by atoms with Gasteiger partial charge < -0.3 is 10.1 Å². The predicted octanol–water partition coefficient (Wildman–Crippen LogP) is 4.09. The van der Waals surface area contributed by atoms with Gasteiger partial charge in [0.1, 0.15) is 5.75 Å². The smallest absolute Gasteiger partial charge is 0.222 e. The zero-order chi connectivity index (χ0) is 15.4. The zero-order valence-electron chi connectivity index (χ0n) is 13.0. The van der Waals surface area contributed by atoms with Crippen LogP contribution in [0.1, 0.15) is 30.2 Å². The topological polar surface area (TPSA) is 39.1 Å². The lowest BCUT2D eigenvalue weighted by atomic mass is 10.2. The van der Waals surface area contributed by atoms with Gasteiger partial charge in [-0.05, 0) is 50.6 Å². The third kappa shape index (κ3) is 3.86. The van der Waals surface area contributed by atoms with E-state index < -0.39 is 0 Å². The average molecular weight is 352 g/mol. The first-order valence-electron chi connectivity index (χ1n) is 7.20. The maximum absolute atomic E-state index is 6.07. The van der Waals surface area contributed by atoms with Crippen LogP contribution < -0.4 is 10.1 Å². The Bertz CT molecular complexity index is 622. The molecule has 2 aromatic rings. The van der Waals surface area contributed by atoms with E-state index in [4.69, 9.17) is 4.74 Å². The maximum atomic E-state index is 6.07. The van der Waals surface area contributed by atoms with E-state index in [0.29, 0.717) is 0 Å². The van der Waals surface area contributed by atoms with Crippen LogP contribution in [0.15, 0.2) is 22.7 Å². The van der Waals surface area contributed by atoms with Gasteiger partial charge in [0, 0.05) is 18.1 Å². The molecule has 0 atom stereocenters. The Balaban J connectivity index is 2.23. The standard InChI is InChI=1S/C16H22BrN3O/c1-5-8-18-10-14-12(3)19-20(4)16(14)21-13-6-7-15(17)11(2)9-13/h6-7,9,18H,5,8,10H2,1-4H3. The number of rotatable bonds is 6. The molecule has 0 aliphatic carbocycles. The van der Waals surface area contributed by atoms with Gasteiger partial charge in [-0.2, -0.15) is 5.10 Å². The van der Waals surface area contributed by atoms with Gasteiger partial charge in [0.25, 0.3) is 0 Å². The lowest BCUT2D eigenvalue weighted by Crippen LogP contribution is -2.14. The van der Waals surface area contributed by atoms with Crippen molar-refractivity contribution in [2.45, 2.75) is 33.7 Å². The van der Waals surface area contributed by atoms with Crippen LogP contribution in [-0.4, -0.2) is 16.3 Å². The maximum Gasteiger partial charge on any atom is 0.222 e. The van der Waals surface area contributed by atoms with E-state index in [1.54, 1.807) is 4.68 Å². The second kappa shape index (κ2) is 7.09. The van der Waals surface area contributed by atoms with Gasteiger partial charge in [0.15, 0.2) is 0 Å². The SMILES string of the molecule is CCCNCc1c(C)nn(C)c1Oc1ccc(Br)c(C)c1. The van der Waals surface area contributed by atoms with Crippen molar-refractivity contribution in [3.63, 3.8) is 0 Å². The number of benzene rings is 1. The molecule has 0 saturated carbocycles. The molecule has 1 aromatic carbocycles. The van der Waals surface area contributed by atoms with Crippen molar-refractivity contribution in [2.24, 2.45) is 7.05 Å². The van der Waals surface area contributed by atoms with Crippen LogP contribution in [-0.2, 0) is 13.6 Å². The fourth-order valence-corrected chi connectivity index (χ4v) is 2.44. The molecule has 114 valence electrons. The molecular weight excluding hydrogens is 330 g/mol. The molecular formula is C16H22BrN3O. The number of nitrogens with one attached hydrogen (secondary N) is 1. The molecule has 0 spiro atoms. The Morgan fingerprint density at radius 3 is 2.76 bits per heavy atom. The molecule has 2 rings (SSSR count). The van der Waals surface area contributed by atoms with Gasteiger partial charge in [0.2, 0.25) is 5.88 Å². The minimum Gasteiger partial charge on any atom is -0.439 e. The van der Waals surface area contributed by atoms with E-state index in [9.17, 15) is 0 Å². The van der Waals surface area contributed by atoms with Gasteiger partial charge in [-0.3, -0.25) is 0 Å². The normalized spacial score (nSPS) is 10.9. The van der Waals surface area contributed by atoms with Crippen LogP contribution in [0.5, 0.6) is 11.6 Å². The summed E-state index contributed by atoms with van der Waals surface area (Å²) < 4.78 is 8.95. The number of nitrogens with zero attached hydrogens (tertiary/aromatic N) is 2. The second-order valence-corrected chi connectivity index (χ2v) is 6.04. The Morgan fingerprint density at radius 2 is 2.10 bits per heavy atom. The summed E-state index contributed by atoms with van der Waals surface area (Å²) in [6.45, 7) is 7.99. The van der Waals surface area contributed by atoms with Crippen LogP contribution in [0.3, 0.4) is 0 Å². The van der Waals surface area contributed by atoms with Gasteiger partial charge in [-0.25, -0.2) is 4.68 Å². The largest absolute Gasteiger partial charge is 0.439 e. The molecule has 1 aromatic heterocycles.